The van der Waals surface area contributed by atoms with Gasteiger partial charge in [0.25, 0.3) is 0 Å². The molecule has 0 spiro atoms. The molecule has 0 radical (unpaired) electrons. The first-order valence-corrected chi connectivity index (χ1v) is 8.50. The van der Waals surface area contributed by atoms with Crippen LogP contribution in [-0.2, 0) is 19.1 Å². The summed E-state index contributed by atoms with van der Waals surface area (Å²) in [6.45, 7) is 1.67. The van der Waals surface area contributed by atoms with Crippen molar-refractivity contribution in [2.75, 3.05) is 14.2 Å². The van der Waals surface area contributed by atoms with E-state index in [9.17, 15) is 9.59 Å². The van der Waals surface area contributed by atoms with Crippen LogP contribution in [0.2, 0.25) is 0 Å². The van der Waals surface area contributed by atoms with E-state index >= 15 is 0 Å². The van der Waals surface area contributed by atoms with Crippen LogP contribution in [0, 0.1) is 23.2 Å². The molecule has 5 rings (SSSR count). The largest absolute Gasteiger partial charge is 0.350 e. The van der Waals surface area contributed by atoms with Crippen molar-refractivity contribution in [1.82, 2.24) is 0 Å². The zero-order valence-electron chi connectivity index (χ0n) is 11.9. The molecule has 0 saturated heterocycles. The Morgan fingerprint density at radius 3 is 1.95 bits per heavy atom. The number of ketones is 2. The van der Waals surface area contributed by atoms with Gasteiger partial charge in [-0.2, -0.15) is 0 Å². The fourth-order valence-corrected chi connectivity index (χ4v) is 10.3. The highest BCUT2D eigenvalue weighted by Gasteiger charge is 3.15. The highest BCUT2D eigenvalue weighted by molar-refractivity contribution is 6.57. The molecule has 0 N–H and O–H groups in total. The summed E-state index contributed by atoms with van der Waals surface area (Å²) >= 11 is 27.8. The monoisotopic (exact) mass is 384 g/mol. The third-order valence-electron chi connectivity index (χ3n) is 7.33. The highest BCUT2D eigenvalue weighted by atomic mass is 35.5. The lowest BCUT2D eigenvalue weighted by molar-refractivity contribution is -0.224. The second-order valence-corrected chi connectivity index (χ2v) is 9.53. The summed E-state index contributed by atoms with van der Waals surface area (Å²) in [5, 5.41) is 0. The van der Waals surface area contributed by atoms with Crippen LogP contribution in [-0.4, -0.2) is 51.1 Å². The number of carbonyl (C=O) groups is 2. The van der Waals surface area contributed by atoms with Crippen LogP contribution in [0.3, 0.4) is 0 Å². The van der Waals surface area contributed by atoms with Crippen LogP contribution in [0.25, 0.3) is 0 Å². The Morgan fingerprint density at radius 1 is 0.909 bits per heavy atom. The van der Waals surface area contributed by atoms with E-state index in [0.29, 0.717) is 0 Å². The Bertz CT molecular complexity index is 709. The van der Waals surface area contributed by atoms with Crippen molar-refractivity contribution in [1.29, 1.82) is 0 Å². The van der Waals surface area contributed by atoms with Gasteiger partial charge in [-0.25, -0.2) is 0 Å². The Morgan fingerprint density at radius 2 is 1.45 bits per heavy atom. The molecule has 0 aromatic rings. The van der Waals surface area contributed by atoms with Gasteiger partial charge in [0.05, 0.1) is 23.2 Å². The van der Waals surface area contributed by atoms with Crippen LogP contribution in [0.5, 0.6) is 0 Å². The average molecular weight is 386 g/mol. The fraction of sp³-hybridized carbons (Fsp3) is 0.857. The summed E-state index contributed by atoms with van der Waals surface area (Å²) in [5.41, 5.74) is -1.13. The van der Waals surface area contributed by atoms with Gasteiger partial charge in [0, 0.05) is 14.2 Å². The minimum atomic E-state index is -1.60. The van der Waals surface area contributed by atoms with Gasteiger partial charge < -0.3 is 9.47 Å². The Hall–Kier alpha value is 0.420. The summed E-state index contributed by atoms with van der Waals surface area (Å²) in [5.74, 6) is -4.32. The number of rotatable bonds is 2. The number of alkyl halides is 4. The van der Waals surface area contributed by atoms with E-state index in [1.54, 1.807) is 6.92 Å². The third kappa shape index (κ3) is 0.680. The number of fused-ring (bicyclic) bond motifs is 2. The smallest absolute Gasteiger partial charge is 0.211 e. The maximum absolute atomic E-state index is 13.0. The van der Waals surface area contributed by atoms with E-state index in [2.05, 4.69) is 0 Å². The molecule has 8 atom stereocenters. The van der Waals surface area contributed by atoms with Crippen molar-refractivity contribution in [3.63, 3.8) is 0 Å². The Labute approximate surface area is 146 Å². The molecule has 5 aliphatic carbocycles. The Balaban J connectivity index is 2.01. The lowest BCUT2D eigenvalue weighted by Gasteiger charge is -2.63. The summed E-state index contributed by atoms with van der Waals surface area (Å²) < 4.78 is 11.3. The lowest BCUT2D eigenvalue weighted by atomic mass is 9.48. The lowest BCUT2D eigenvalue weighted by Crippen LogP contribution is -2.78. The van der Waals surface area contributed by atoms with Gasteiger partial charge in [-0.1, -0.05) is 6.92 Å². The number of methoxy groups -OCH3 is 2. The van der Waals surface area contributed by atoms with Crippen LogP contribution >= 0.6 is 46.4 Å². The summed E-state index contributed by atoms with van der Waals surface area (Å²) in [4.78, 5) is 20.3. The summed E-state index contributed by atoms with van der Waals surface area (Å²) in [6, 6.07) is 0. The van der Waals surface area contributed by atoms with Crippen LogP contribution in [0.1, 0.15) is 6.92 Å². The first kappa shape index (κ1) is 14.7. The molecule has 5 aliphatic rings. The van der Waals surface area contributed by atoms with Gasteiger partial charge in [0.15, 0.2) is 0 Å². The second kappa shape index (κ2) is 3.13. The van der Waals surface area contributed by atoms with Crippen LogP contribution < -0.4 is 0 Å². The standard InChI is InChI=1S/C14H12Cl4O4/c1-9-7-6(19)4-5(8(9)20)11(16)13(9,18)12(7,17)10(4,15)14(11,21-2)22-3/h4-5,7H,1-3H3/t4-,5+,7-,9-,10+,11-,12+,13+/m1/s1. The molecule has 0 heterocycles. The maximum Gasteiger partial charge on any atom is 0.211 e. The third-order valence-corrected chi connectivity index (χ3v) is 11.0. The van der Waals surface area contributed by atoms with Gasteiger partial charge in [0.2, 0.25) is 5.79 Å². The number of carbonyl (C=O) groups excluding carboxylic acids is 2. The van der Waals surface area contributed by atoms with Crippen LogP contribution in [0.15, 0.2) is 0 Å². The van der Waals surface area contributed by atoms with Crippen molar-refractivity contribution >= 4 is 58.0 Å². The van der Waals surface area contributed by atoms with Crippen molar-refractivity contribution in [3.8, 4) is 0 Å². The highest BCUT2D eigenvalue weighted by Crippen LogP contribution is 2.98. The molecular formula is C14H12Cl4O4. The van der Waals surface area contributed by atoms with E-state index in [1.165, 1.54) is 14.2 Å². The Kier molecular flexibility index (Phi) is 2.10. The molecule has 0 amide bonds. The summed E-state index contributed by atoms with van der Waals surface area (Å²) in [6.07, 6.45) is 0. The summed E-state index contributed by atoms with van der Waals surface area (Å²) in [7, 11) is 2.78. The predicted molar refractivity (Wildman–Crippen MR) is 79.7 cm³/mol. The van der Waals surface area contributed by atoms with Crippen molar-refractivity contribution in [2.24, 2.45) is 23.2 Å². The van der Waals surface area contributed by atoms with Gasteiger partial charge >= 0.3 is 0 Å². The molecule has 0 aromatic carbocycles. The molecule has 5 fully saturated rings. The number of halogens is 4. The molecule has 5 saturated carbocycles. The number of ether oxygens (including phenoxy) is 2. The van der Waals surface area contributed by atoms with Crippen LogP contribution in [0.4, 0.5) is 0 Å². The average Bonchev–Trinajstić information content (AvgIpc) is 2.77. The van der Waals surface area contributed by atoms with E-state index < -0.39 is 48.5 Å². The van der Waals surface area contributed by atoms with Gasteiger partial charge in [-0.3, -0.25) is 9.59 Å². The molecule has 0 aliphatic heterocycles. The zero-order valence-corrected chi connectivity index (χ0v) is 14.9. The first-order valence-electron chi connectivity index (χ1n) is 6.99. The molecule has 2 bridgehead atoms. The molecule has 0 aromatic heterocycles. The number of hydrogen-bond acceptors (Lipinski definition) is 4. The minimum absolute atomic E-state index is 0.146. The van der Waals surface area contributed by atoms with E-state index in [-0.39, 0.29) is 11.6 Å². The van der Waals surface area contributed by atoms with E-state index in [4.69, 9.17) is 55.9 Å². The van der Waals surface area contributed by atoms with E-state index in [1.807, 2.05) is 0 Å². The molecule has 0 unspecified atom stereocenters. The van der Waals surface area contributed by atoms with Crippen molar-refractivity contribution in [3.05, 3.63) is 0 Å². The molecule has 22 heavy (non-hydrogen) atoms. The zero-order chi connectivity index (χ0) is 16.3. The van der Waals surface area contributed by atoms with Gasteiger partial charge in [0.1, 0.15) is 31.1 Å². The number of hydrogen-bond donors (Lipinski definition) is 0. The SMILES string of the molecule is COC1(OC)[C@]2(Cl)[C@H]3C(=O)[C@H]4[C@@]2(Cl)[C@]2(Cl)[C@@]4(C)C(=O)[C@H]3[C@]12Cl. The molecule has 120 valence electrons. The quantitative estimate of drug-likeness (QED) is 0.538. The van der Waals surface area contributed by atoms with Gasteiger partial charge in [-0.05, 0) is 0 Å². The minimum Gasteiger partial charge on any atom is -0.350 e. The predicted octanol–water partition coefficient (Wildman–Crippen LogP) is 1.95. The molecular weight excluding hydrogens is 374 g/mol. The fourth-order valence-electron chi connectivity index (χ4n) is 6.90. The topological polar surface area (TPSA) is 52.6 Å². The molecule has 4 nitrogen and oxygen atoms in total. The molecule has 8 heteroatoms. The first-order chi connectivity index (χ1) is 10.1. The van der Waals surface area contributed by atoms with Gasteiger partial charge in [-0.15, -0.1) is 46.4 Å². The normalized spacial score (nSPS) is 68.2. The maximum atomic E-state index is 13.0. The van der Waals surface area contributed by atoms with E-state index in [0.717, 1.165) is 0 Å². The number of Topliss-reactive ketones (excluding diaryl/α,β-unsaturated/α-hetero) is 2. The second-order valence-electron chi connectivity index (χ2n) is 7.18. The van der Waals surface area contributed by atoms with Crippen molar-refractivity contribution < 1.29 is 19.1 Å². The van der Waals surface area contributed by atoms with Crippen molar-refractivity contribution in [2.45, 2.75) is 32.2 Å².